The highest BCUT2D eigenvalue weighted by Gasteiger charge is 2.19. The molecule has 7 heteroatoms. The van der Waals surface area contributed by atoms with Gasteiger partial charge in [0, 0.05) is 13.5 Å². The quantitative estimate of drug-likeness (QED) is 0.882. The fraction of sp³-hybridized carbons (Fsp3) is 0.273. The van der Waals surface area contributed by atoms with Crippen LogP contribution in [-0.4, -0.2) is 19.9 Å². The highest BCUT2D eigenvalue weighted by Crippen LogP contribution is 2.29. The number of halogens is 3. The molecule has 0 amide bonds. The predicted molar refractivity (Wildman–Crippen MR) is 63.7 cm³/mol. The van der Waals surface area contributed by atoms with Gasteiger partial charge in [-0.15, -0.1) is 0 Å². The first-order valence-corrected chi connectivity index (χ1v) is 5.94. The maximum absolute atomic E-state index is 13.3. The molecule has 0 aliphatic rings. The summed E-state index contributed by atoms with van der Waals surface area (Å²) >= 11 is 2.94. The Kier molecular flexibility index (Phi) is 3.72. The van der Waals surface area contributed by atoms with E-state index in [0.29, 0.717) is 5.82 Å². The Morgan fingerprint density at radius 1 is 1.44 bits per heavy atom. The average Bonchev–Trinajstić information content (AvgIpc) is 2.72. The Bertz CT molecular complexity index is 573. The summed E-state index contributed by atoms with van der Waals surface area (Å²) in [4.78, 5) is 3.96. The van der Waals surface area contributed by atoms with Crippen molar-refractivity contribution >= 4 is 15.9 Å². The molecule has 2 rings (SSSR count). The van der Waals surface area contributed by atoms with E-state index in [9.17, 15) is 13.9 Å². The summed E-state index contributed by atoms with van der Waals surface area (Å²) in [7, 11) is 1.69. The molecule has 0 saturated heterocycles. The summed E-state index contributed by atoms with van der Waals surface area (Å²) in [6.07, 6.45) is 0.542. The summed E-state index contributed by atoms with van der Waals surface area (Å²) in [5, 5.41) is 13.9. The van der Waals surface area contributed by atoms with Crippen LogP contribution in [0, 0.1) is 11.6 Å². The molecule has 1 unspecified atom stereocenters. The third kappa shape index (κ3) is 2.41. The molecular weight excluding hydrogens is 308 g/mol. The van der Waals surface area contributed by atoms with Crippen LogP contribution in [0.4, 0.5) is 8.78 Å². The topological polar surface area (TPSA) is 50.9 Å². The van der Waals surface area contributed by atoms with Gasteiger partial charge in [0.15, 0.2) is 11.6 Å². The number of hydrogen-bond acceptors (Lipinski definition) is 3. The Morgan fingerprint density at radius 3 is 2.78 bits per heavy atom. The Labute approximate surface area is 110 Å². The van der Waals surface area contributed by atoms with Gasteiger partial charge in [0.25, 0.3) is 0 Å². The smallest absolute Gasteiger partial charge is 0.173 e. The van der Waals surface area contributed by atoms with Crippen LogP contribution in [0.3, 0.4) is 0 Å². The first-order chi connectivity index (χ1) is 8.50. The first-order valence-electron chi connectivity index (χ1n) is 5.15. The van der Waals surface area contributed by atoms with E-state index in [1.807, 2.05) is 0 Å². The summed E-state index contributed by atoms with van der Waals surface area (Å²) < 4.78 is 27.7. The molecule has 0 aliphatic heterocycles. The largest absolute Gasteiger partial charge is 0.388 e. The number of nitrogens with zero attached hydrogens (tertiary/aromatic N) is 3. The van der Waals surface area contributed by atoms with E-state index in [4.69, 9.17) is 0 Å². The number of aliphatic hydroxyl groups excluding tert-OH is 1. The van der Waals surface area contributed by atoms with E-state index in [0.717, 1.165) is 6.07 Å². The third-order valence-corrected chi connectivity index (χ3v) is 3.41. The number of aliphatic hydroxyl groups is 1. The van der Waals surface area contributed by atoms with Crippen molar-refractivity contribution in [3.63, 3.8) is 0 Å². The highest BCUT2D eigenvalue weighted by molar-refractivity contribution is 9.10. The lowest BCUT2D eigenvalue weighted by Gasteiger charge is -2.13. The van der Waals surface area contributed by atoms with Gasteiger partial charge in [0.2, 0.25) is 0 Å². The molecule has 0 fully saturated rings. The van der Waals surface area contributed by atoms with Crippen molar-refractivity contribution in [2.75, 3.05) is 0 Å². The number of hydrogen-bond donors (Lipinski definition) is 1. The Hall–Kier alpha value is -1.34. The summed E-state index contributed by atoms with van der Waals surface area (Å²) in [6.45, 7) is 0. The van der Waals surface area contributed by atoms with Gasteiger partial charge in [-0.3, -0.25) is 4.68 Å². The second kappa shape index (κ2) is 5.11. The standard InChI is InChI=1S/C11H10BrF2N3O/c1-17-9(15-5-16-17)4-8(18)6-2-3-7(13)11(14)10(6)12/h2-3,5,8,18H,4H2,1H3. The van der Waals surface area contributed by atoms with E-state index < -0.39 is 17.7 Å². The lowest BCUT2D eigenvalue weighted by molar-refractivity contribution is 0.173. The molecule has 1 aromatic carbocycles. The molecule has 1 atom stereocenters. The molecule has 1 aromatic heterocycles. The van der Waals surface area contributed by atoms with Crippen LogP contribution in [0.1, 0.15) is 17.5 Å². The average molecular weight is 318 g/mol. The molecule has 0 spiro atoms. The zero-order chi connectivity index (χ0) is 13.3. The van der Waals surface area contributed by atoms with E-state index >= 15 is 0 Å². The number of aryl methyl sites for hydroxylation is 1. The minimum atomic E-state index is -1.01. The van der Waals surface area contributed by atoms with Gasteiger partial charge in [-0.05, 0) is 27.6 Å². The lowest BCUT2D eigenvalue weighted by atomic mass is 10.1. The van der Waals surface area contributed by atoms with Gasteiger partial charge in [0.1, 0.15) is 12.2 Å². The van der Waals surface area contributed by atoms with Gasteiger partial charge >= 0.3 is 0 Å². The van der Waals surface area contributed by atoms with E-state index in [1.165, 1.54) is 17.1 Å². The summed E-state index contributed by atoms with van der Waals surface area (Å²) in [5.41, 5.74) is 0.275. The van der Waals surface area contributed by atoms with Crippen molar-refractivity contribution in [2.45, 2.75) is 12.5 Å². The van der Waals surface area contributed by atoms with Gasteiger partial charge in [0.05, 0.1) is 10.6 Å². The van der Waals surface area contributed by atoms with Crippen LogP contribution in [-0.2, 0) is 13.5 Å². The molecule has 0 radical (unpaired) electrons. The highest BCUT2D eigenvalue weighted by atomic mass is 79.9. The van der Waals surface area contributed by atoms with Crippen molar-refractivity contribution in [3.05, 3.63) is 46.0 Å². The van der Waals surface area contributed by atoms with Gasteiger partial charge in [-0.1, -0.05) is 6.07 Å². The molecule has 1 heterocycles. The SMILES string of the molecule is Cn1ncnc1CC(O)c1ccc(F)c(F)c1Br. The zero-order valence-corrected chi connectivity index (χ0v) is 11.0. The Morgan fingerprint density at radius 2 is 2.17 bits per heavy atom. The summed E-state index contributed by atoms with van der Waals surface area (Å²) in [6, 6.07) is 2.32. The Balaban J connectivity index is 2.27. The zero-order valence-electron chi connectivity index (χ0n) is 9.44. The normalized spacial score (nSPS) is 12.7. The molecule has 0 bridgehead atoms. The second-order valence-electron chi connectivity index (χ2n) is 3.78. The minimum absolute atomic E-state index is 0.0721. The summed E-state index contributed by atoms with van der Waals surface area (Å²) in [5.74, 6) is -1.42. The van der Waals surface area contributed by atoms with E-state index in [2.05, 4.69) is 26.0 Å². The van der Waals surface area contributed by atoms with Gasteiger partial charge < -0.3 is 5.11 Å². The van der Waals surface area contributed by atoms with Crippen LogP contribution >= 0.6 is 15.9 Å². The van der Waals surface area contributed by atoms with Crippen LogP contribution < -0.4 is 0 Å². The molecule has 2 aromatic rings. The molecular formula is C11H10BrF2N3O. The number of rotatable bonds is 3. The first kappa shape index (κ1) is 13.1. The van der Waals surface area contributed by atoms with Crippen LogP contribution in [0.25, 0.3) is 0 Å². The molecule has 96 valence electrons. The fourth-order valence-corrected chi connectivity index (χ4v) is 2.17. The third-order valence-electron chi connectivity index (χ3n) is 2.61. The van der Waals surface area contributed by atoms with Crippen molar-refractivity contribution in [3.8, 4) is 0 Å². The number of aromatic nitrogens is 3. The van der Waals surface area contributed by atoms with Gasteiger partial charge in [-0.25, -0.2) is 13.8 Å². The van der Waals surface area contributed by atoms with Crippen molar-refractivity contribution in [1.82, 2.24) is 14.8 Å². The second-order valence-corrected chi connectivity index (χ2v) is 4.58. The predicted octanol–water partition coefficient (Wildman–Crippen LogP) is 2.13. The molecule has 0 aliphatic carbocycles. The van der Waals surface area contributed by atoms with E-state index in [1.54, 1.807) is 7.05 Å². The number of benzene rings is 1. The van der Waals surface area contributed by atoms with Crippen LogP contribution in [0.5, 0.6) is 0 Å². The maximum Gasteiger partial charge on any atom is 0.173 e. The van der Waals surface area contributed by atoms with Crippen LogP contribution in [0.2, 0.25) is 0 Å². The maximum atomic E-state index is 13.3. The monoisotopic (exact) mass is 317 g/mol. The lowest BCUT2D eigenvalue weighted by Crippen LogP contribution is -2.09. The molecule has 4 nitrogen and oxygen atoms in total. The van der Waals surface area contributed by atoms with Gasteiger partial charge in [-0.2, -0.15) is 5.10 Å². The van der Waals surface area contributed by atoms with Crippen molar-refractivity contribution in [1.29, 1.82) is 0 Å². The molecule has 18 heavy (non-hydrogen) atoms. The molecule has 1 N–H and O–H groups in total. The van der Waals surface area contributed by atoms with Crippen LogP contribution in [0.15, 0.2) is 22.9 Å². The minimum Gasteiger partial charge on any atom is -0.388 e. The molecule has 0 saturated carbocycles. The van der Waals surface area contributed by atoms with E-state index in [-0.39, 0.29) is 16.5 Å². The fourth-order valence-electron chi connectivity index (χ4n) is 1.59. The van der Waals surface area contributed by atoms with Crippen molar-refractivity contribution in [2.24, 2.45) is 7.05 Å². The van der Waals surface area contributed by atoms with Crippen molar-refractivity contribution < 1.29 is 13.9 Å².